The largest absolute Gasteiger partial charge is 0.391 e. The van der Waals surface area contributed by atoms with E-state index in [0.29, 0.717) is 6.42 Å². The van der Waals surface area contributed by atoms with Gasteiger partial charge >= 0.3 is 0 Å². The van der Waals surface area contributed by atoms with Crippen molar-refractivity contribution in [1.82, 2.24) is 10.2 Å². The van der Waals surface area contributed by atoms with Gasteiger partial charge in [-0.2, -0.15) is 0 Å². The smallest absolute Gasteiger partial charge is 0.244 e. The van der Waals surface area contributed by atoms with Crippen molar-refractivity contribution >= 4 is 19.2 Å². The summed E-state index contributed by atoms with van der Waals surface area (Å²) < 4.78 is 12.6. The van der Waals surface area contributed by atoms with E-state index in [1.165, 1.54) is 18.4 Å². The first-order chi connectivity index (χ1) is 14.0. The zero-order chi connectivity index (χ0) is 22.9. The fourth-order valence-electron chi connectivity index (χ4n) is 4.03. The Morgan fingerprint density at radius 2 is 1.80 bits per heavy atom. The number of rotatable bonds is 12. The maximum atomic E-state index is 12.7. The number of aliphatic hydroxyl groups excluding tert-OH is 1. The molecule has 0 saturated heterocycles. The Kier molecular flexibility index (Phi) is 11.6. The summed E-state index contributed by atoms with van der Waals surface area (Å²) in [5, 5.41) is 13.0. The summed E-state index contributed by atoms with van der Waals surface area (Å²) >= 11 is 0. The molecule has 0 radical (unpaired) electrons. The molecule has 0 aromatic heterocycles. The van der Waals surface area contributed by atoms with Gasteiger partial charge in [0.1, 0.15) is 6.04 Å². The predicted molar refractivity (Wildman–Crippen MR) is 119 cm³/mol. The van der Waals surface area contributed by atoms with E-state index in [9.17, 15) is 24.2 Å². The summed E-state index contributed by atoms with van der Waals surface area (Å²) in [6.45, 7) is 5.56. The van der Waals surface area contributed by atoms with Crippen LogP contribution in [0.1, 0.15) is 65.7 Å². The standard InChI is InChI=1S/C21H42N3O5P/c1-5-15(3)19(22)20(26)23-18(6-2)21(27)24(4)12-17(25)14-30(28,29)13-16-10-8-7-9-11-16/h15-19,25H,5-14,22H2,1-4H3,(H,23,26)(H,28,29). The highest BCUT2D eigenvalue weighted by Crippen LogP contribution is 2.46. The van der Waals surface area contributed by atoms with Gasteiger partial charge in [0, 0.05) is 19.8 Å². The monoisotopic (exact) mass is 447 g/mol. The molecule has 1 aliphatic carbocycles. The zero-order valence-corrected chi connectivity index (χ0v) is 19.9. The molecule has 0 aromatic carbocycles. The van der Waals surface area contributed by atoms with Crippen LogP contribution in [0.2, 0.25) is 0 Å². The van der Waals surface area contributed by atoms with Crippen LogP contribution in [-0.2, 0) is 14.2 Å². The van der Waals surface area contributed by atoms with E-state index in [1.54, 1.807) is 6.92 Å². The van der Waals surface area contributed by atoms with Crippen molar-refractivity contribution < 1.29 is 24.2 Å². The second kappa shape index (κ2) is 12.8. The molecule has 1 rings (SSSR count). The van der Waals surface area contributed by atoms with Crippen molar-refractivity contribution in [1.29, 1.82) is 0 Å². The number of nitrogens with two attached hydrogens (primary N) is 1. The van der Waals surface area contributed by atoms with Crippen LogP contribution < -0.4 is 11.1 Å². The molecule has 30 heavy (non-hydrogen) atoms. The minimum atomic E-state index is -3.46. The highest BCUT2D eigenvalue weighted by Gasteiger charge is 2.31. The molecular formula is C21H42N3O5P. The van der Waals surface area contributed by atoms with Gasteiger partial charge in [-0.1, -0.05) is 46.5 Å². The first-order valence-corrected chi connectivity index (χ1v) is 13.3. The molecule has 5 N–H and O–H groups in total. The van der Waals surface area contributed by atoms with Gasteiger partial charge in [0.05, 0.1) is 18.3 Å². The Morgan fingerprint density at radius 3 is 2.33 bits per heavy atom. The number of aliphatic hydroxyl groups is 1. The van der Waals surface area contributed by atoms with Crippen LogP contribution >= 0.6 is 7.37 Å². The Balaban J connectivity index is 2.56. The van der Waals surface area contributed by atoms with Gasteiger partial charge in [0.25, 0.3) is 0 Å². The summed E-state index contributed by atoms with van der Waals surface area (Å²) in [6, 6.07) is -1.43. The van der Waals surface area contributed by atoms with Crippen LogP contribution in [0.3, 0.4) is 0 Å². The fraction of sp³-hybridized carbons (Fsp3) is 0.905. The molecule has 0 heterocycles. The van der Waals surface area contributed by atoms with Crippen molar-refractivity contribution in [2.24, 2.45) is 17.6 Å². The van der Waals surface area contributed by atoms with E-state index in [2.05, 4.69) is 5.32 Å². The highest BCUT2D eigenvalue weighted by molar-refractivity contribution is 7.58. The SMILES string of the molecule is CCC(NC(=O)C(N)C(C)CC)C(=O)N(C)CC(O)CP(=O)(O)CC1CCCCC1. The van der Waals surface area contributed by atoms with Crippen LogP contribution in [0.4, 0.5) is 0 Å². The third-order valence-electron chi connectivity index (χ3n) is 6.21. The normalized spacial score (nSPS) is 21.2. The van der Waals surface area contributed by atoms with Crippen molar-refractivity contribution in [2.75, 3.05) is 25.9 Å². The predicted octanol–water partition coefficient (Wildman–Crippen LogP) is 1.92. The molecule has 5 unspecified atom stereocenters. The first-order valence-electron chi connectivity index (χ1n) is 11.3. The number of carbonyl (C=O) groups excluding carboxylic acids is 2. The summed E-state index contributed by atoms with van der Waals surface area (Å²) in [5.74, 6) is -0.470. The van der Waals surface area contributed by atoms with Gasteiger partial charge in [-0.05, 0) is 31.1 Å². The third-order valence-corrected chi connectivity index (χ3v) is 8.29. The summed E-state index contributed by atoms with van der Waals surface area (Å²) in [6.07, 6.45) is 5.38. The highest BCUT2D eigenvalue weighted by atomic mass is 31.2. The van der Waals surface area contributed by atoms with E-state index < -0.39 is 25.6 Å². The summed E-state index contributed by atoms with van der Waals surface area (Å²) in [4.78, 5) is 36.7. The molecule has 1 saturated carbocycles. The molecule has 0 spiro atoms. The topological polar surface area (TPSA) is 133 Å². The van der Waals surface area contributed by atoms with Crippen LogP contribution in [-0.4, -0.2) is 70.8 Å². The molecular weight excluding hydrogens is 405 g/mol. The quantitative estimate of drug-likeness (QED) is 0.338. The lowest BCUT2D eigenvalue weighted by molar-refractivity contribution is -0.136. The van der Waals surface area contributed by atoms with E-state index in [1.807, 2.05) is 13.8 Å². The Labute approximate surface area is 181 Å². The maximum absolute atomic E-state index is 12.7. The summed E-state index contributed by atoms with van der Waals surface area (Å²) in [7, 11) is -1.93. The summed E-state index contributed by atoms with van der Waals surface area (Å²) in [5.41, 5.74) is 5.94. The van der Waals surface area contributed by atoms with Gasteiger partial charge in [0.2, 0.25) is 19.2 Å². The Morgan fingerprint density at radius 1 is 1.20 bits per heavy atom. The lowest BCUT2D eigenvalue weighted by Crippen LogP contribution is -2.54. The molecule has 9 heteroatoms. The van der Waals surface area contributed by atoms with Gasteiger partial charge in [-0.3, -0.25) is 14.2 Å². The molecule has 1 fully saturated rings. The van der Waals surface area contributed by atoms with E-state index >= 15 is 0 Å². The van der Waals surface area contributed by atoms with E-state index in [4.69, 9.17) is 5.73 Å². The lowest BCUT2D eigenvalue weighted by Gasteiger charge is -2.29. The Hall–Kier alpha value is -0.950. The number of nitrogens with zero attached hydrogens (tertiary/aromatic N) is 1. The number of amides is 2. The van der Waals surface area contributed by atoms with Crippen LogP contribution in [0.5, 0.6) is 0 Å². The number of nitrogens with one attached hydrogen (secondary N) is 1. The number of carbonyl (C=O) groups is 2. The van der Waals surface area contributed by atoms with Gasteiger partial charge in [-0.15, -0.1) is 0 Å². The molecule has 176 valence electrons. The number of likely N-dealkylation sites (N-methyl/N-ethyl adjacent to an activating group) is 1. The average molecular weight is 448 g/mol. The molecule has 8 nitrogen and oxygen atoms in total. The lowest BCUT2D eigenvalue weighted by atomic mass is 9.91. The van der Waals surface area contributed by atoms with Crippen molar-refractivity contribution in [3.8, 4) is 0 Å². The number of hydrogen-bond donors (Lipinski definition) is 4. The molecule has 5 atom stereocenters. The third kappa shape index (κ3) is 9.04. The van der Waals surface area contributed by atoms with Gasteiger partial charge in [0.15, 0.2) is 0 Å². The second-order valence-corrected chi connectivity index (χ2v) is 11.4. The zero-order valence-electron chi connectivity index (χ0n) is 19.0. The van der Waals surface area contributed by atoms with E-state index in [0.717, 1.165) is 32.1 Å². The molecule has 0 aromatic rings. The van der Waals surface area contributed by atoms with E-state index in [-0.39, 0.29) is 42.5 Å². The molecule has 0 aliphatic heterocycles. The first kappa shape index (κ1) is 27.1. The van der Waals surface area contributed by atoms with Crippen molar-refractivity contribution in [3.63, 3.8) is 0 Å². The molecule has 1 aliphatic rings. The maximum Gasteiger partial charge on any atom is 0.244 e. The van der Waals surface area contributed by atoms with Crippen LogP contribution in [0.15, 0.2) is 0 Å². The second-order valence-electron chi connectivity index (χ2n) is 8.97. The molecule has 2 amide bonds. The average Bonchev–Trinajstić information content (AvgIpc) is 2.69. The number of hydrogen-bond acceptors (Lipinski definition) is 5. The minimum absolute atomic E-state index is 0.0000210. The Bertz CT molecular complexity index is 597. The van der Waals surface area contributed by atoms with Gasteiger partial charge < -0.3 is 26.0 Å². The van der Waals surface area contributed by atoms with Crippen molar-refractivity contribution in [2.45, 2.75) is 83.9 Å². The minimum Gasteiger partial charge on any atom is -0.391 e. The molecule has 0 bridgehead atoms. The fourth-order valence-corrected chi connectivity index (χ4v) is 6.12. The van der Waals surface area contributed by atoms with Crippen LogP contribution in [0.25, 0.3) is 0 Å². The van der Waals surface area contributed by atoms with Gasteiger partial charge in [-0.25, -0.2) is 0 Å². The van der Waals surface area contributed by atoms with Crippen LogP contribution in [0, 0.1) is 11.8 Å². The van der Waals surface area contributed by atoms with Crippen molar-refractivity contribution in [3.05, 3.63) is 0 Å².